The number of rotatable bonds is 11. The predicted octanol–water partition coefficient (Wildman–Crippen LogP) is 1.68. The maximum atomic E-state index is 13.3. The summed E-state index contributed by atoms with van der Waals surface area (Å²) in [6.07, 6.45) is 0.442. The molecule has 0 saturated heterocycles. The molecular weight excluding hydrogens is 421 g/mol. The Morgan fingerprint density at radius 1 is 1.12 bits per heavy atom. The van der Waals surface area contributed by atoms with E-state index in [-0.39, 0.29) is 24.9 Å². The van der Waals surface area contributed by atoms with E-state index >= 15 is 0 Å². The summed E-state index contributed by atoms with van der Waals surface area (Å²) in [5.41, 5.74) is -0.213. The Morgan fingerprint density at radius 3 is 2.41 bits per heavy atom. The summed E-state index contributed by atoms with van der Waals surface area (Å²) >= 11 is 0. The molecule has 2 N–H and O–H groups in total. The number of hydrogen-bond acceptors (Lipinski definition) is 5. The van der Waals surface area contributed by atoms with E-state index in [1.807, 2.05) is 0 Å². The van der Waals surface area contributed by atoms with Gasteiger partial charge in [0.2, 0.25) is 11.8 Å². The van der Waals surface area contributed by atoms with E-state index in [2.05, 4.69) is 5.32 Å². The molecular formula is C22H24FN3O6. The number of halogens is 1. The van der Waals surface area contributed by atoms with Crippen molar-refractivity contribution in [3.8, 4) is 0 Å². The van der Waals surface area contributed by atoms with Crippen molar-refractivity contribution in [1.82, 2.24) is 4.68 Å². The van der Waals surface area contributed by atoms with E-state index in [0.717, 1.165) is 16.4 Å². The second-order valence-electron chi connectivity index (χ2n) is 6.91. The summed E-state index contributed by atoms with van der Waals surface area (Å²) in [6.45, 7) is 0.0699. The van der Waals surface area contributed by atoms with Gasteiger partial charge in [0.25, 0.3) is 5.56 Å². The van der Waals surface area contributed by atoms with Gasteiger partial charge in [0.15, 0.2) is 5.78 Å². The monoisotopic (exact) mass is 445 g/mol. The lowest BCUT2D eigenvalue weighted by atomic mass is 10.1. The molecule has 0 bridgehead atoms. The van der Waals surface area contributed by atoms with Crippen LogP contribution in [-0.4, -0.2) is 46.1 Å². The smallest absolute Gasteiger partial charge is 0.305 e. The molecule has 1 heterocycles. The van der Waals surface area contributed by atoms with Crippen molar-refractivity contribution in [2.24, 2.45) is 0 Å². The Kier molecular flexibility index (Phi) is 8.82. The summed E-state index contributed by atoms with van der Waals surface area (Å²) in [5.74, 6) is -3.80. The molecule has 2 aromatic rings. The van der Waals surface area contributed by atoms with E-state index in [9.17, 15) is 33.5 Å². The minimum absolute atomic E-state index is 0.0933. The first kappa shape index (κ1) is 24.4. The Balaban J connectivity index is 2.49. The molecule has 1 atom stereocenters. The Hall–Kier alpha value is -3.82. The summed E-state index contributed by atoms with van der Waals surface area (Å²) in [4.78, 5) is 61.4. The molecule has 0 unspecified atom stereocenters. The molecule has 1 aromatic carbocycles. The second-order valence-corrected chi connectivity index (χ2v) is 6.91. The zero-order valence-corrected chi connectivity index (χ0v) is 17.5. The first-order valence-corrected chi connectivity index (χ1v) is 9.96. The molecule has 0 saturated carbocycles. The zero-order chi connectivity index (χ0) is 23.7. The highest BCUT2D eigenvalue weighted by Crippen LogP contribution is 2.12. The first-order chi connectivity index (χ1) is 15.3. The van der Waals surface area contributed by atoms with Gasteiger partial charge in [-0.1, -0.05) is 37.3 Å². The van der Waals surface area contributed by atoms with E-state index in [1.54, 1.807) is 37.3 Å². The third kappa shape index (κ3) is 6.34. The minimum Gasteiger partial charge on any atom is -0.481 e. The van der Waals surface area contributed by atoms with Gasteiger partial charge in [-0.25, -0.2) is 14.1 Å². The zero-order valence-electron chi connectivity index (χ0n) is 17.5. The highest BCUT2D eigenvalue weighted by atomic mass is 19.1. The number of carboxylic acid groups (broad SMARTS) is 1. The Morgan fingerprint density at radius 2 is 1.81 bits per heavy atom. The van der Waals surface area contributed by atoms with Crippen LogP contribution in [0, 0.1) is 0 Å². The number of aromatic nitrogens is 1. The highest BCUT2D eigenvalue weighted by molar-refractivity contribution is 5.98. The second kappa shape index (κ2) is 11.5. The van der Waals surface area contributed by atoms with E-state index in [4.69, 9.17) is 0 Å². The van der Waals surface area contributed by atoms with Crippen molar-refractivity contribution in [3.05, 3.63) is 64.6 Å². The number of nitrogens with one attached hydrogen (secondary N) is 1. The fraction of sp³-hybridized carbons (Fsp3) is 0.318. The van der Waals surface area contributed by atoms with Crippen molar-refractivity contribution in [1.29, 1.82) is 0 Å². The fourth-order valence-electron chi connectivity index (χ4n) is 3.03. The van der Waals surface area contributed by atoms with Crippen molar-refractivity contribution in [2.45, 2.75) is 38.6 Å². The van der Waals surface area contributed by atoms with Crippen LogP contribution in [0.15, 0.2) is 53.5 Å². The number of benzene rings is 1. The number of hydrogen-bond donors (Lipinski definition) is 2. The average molecular weight is 445 g/mol. The number of pyridine rings is 1. The molecule has 0 aliphatic heterocycles. The van der Waals surface area contributed by atoms with E-state index in [0.29, 0.717) is 5.01 Å². The number of aryl methyl sites for hydroxylation is 1. The standard InChI is InChI=1S/C22H24FN3O6/c1-2-19(28)24-16-9-6-12-25(22(16)32)26(17(13-21(30)31)18(27)14-23)20(29)11-10-15-7-4-3-5-8-15/h3-9,12,17H,2,10-11,13-14H2,1H3,(H,24,28)(H,30,31)/t17-/m1/s1. The van der Waals surface area contributed by atoms with Crippen LogP contribution in [0.3, 0.4) is 0 Å². The predicted molar refractivity (Wildman–Crippen MR) is 115 cm³/mol. The van der Waals surface area contributed by atoms with Gasteiger partial charge in [0.05, 0.1) is 6.42 Å². The molecule has 10 heteroatoms. The van der Waals surface area contributed by atoms with Crippen LogP contribution in [0.25, 0.3) is 0 Å². The number of carbonyl (C=O) groups is 4. The van der Waals surface area contributed by atoms with Crippen molar-refractivity contribution >= 4 is 29.3 Å². The molecule has 0 fully saturated rings. The quantitative estimate of drug-likeness (QED) is 0.542. The minimum atomic E-state index is -1.74. The molecule has 0 spiro atoms. The third-order valence-corrected chi connectivity index (χ3v) is 4.65. The van der Waals surface area contributed by atoms with Crippen LogP contribution in [0.2, 0.25) is 0 Å². The van der Waals surface area contributed by atoms with Crippen LogP contribution < -0.4 is 15.9 Å². The SMILES string of the molecule is CCC(=O)Nc1cccn(N(C(=O)CCc2ccccc2)[C@H](CC(=O)O)C(=O)CF)c1=O. The average Bonchev–Trinajstić information content (AvgIpc) is 2.79. The molecule has 170 valence electrons. The van der Waals surface area contributed by atoms with Crippen LogP contribution in [-0.2, 0) is 25.6 Å². The van der Waals surface area contributed by atoms with Crippen LogP contribution >= 0.6 is 0 Å². The largest absolute Gasteiger partial charge is 0.481 e. The normalized spacial score (nSPS) is 11.4. The number of carbonyl (C=O) groups excluding carboxylic acids is 3. The van der Waals surface area contributed by atoms with Gasteiger partial charge < -0.3 is 10.4 Å². The number of Topliss-reactive ketones (excluding diaryl/α,β-unsaturated/α-hetero) is 1. The molecule has 2 rings (SSSR count). The lowest BCUT2D eigenvalue weighted by Gasteiger charge is -2.31. The molecule has 0 aliphatic rings. The summed E-state index contributed by atoms with van der Waals surface area (Å²) in [7, 11) is 0. The molecule has 0 radical (unpaired) electrons. The van der Waals surface area contributed by atoms with Gasteiger partial charge in [-0.05, 0) is 24.1 Å². The molecule has 32 heavy (non-hydrogen) atoms. The Bertz CT molecular complexity index is 1040. The first-order valence-electron chi connectivity index (χ1n) is 9.96. The van der Waals surface area contributed by atoms with Gasteiger partial charge in [-0.15, -0.1) is 0 Å². The summed E-state index contributed by atoms with van der Waals surface area (Å²) in [5, 5.41) is 12.3. The molecule has 9 nitrogen and oxygen atoms in total. The molecule has 1 aromatic heterocycles. The van der Waals surface area contributed by atoms with Crippen molar-refractivity contribution in [2.75, 3.05) is 17.0 Å². The van der Waals surface area contributed by atoms with Crippen LogP contribution in [0.4, 0.5) is 10.1 Å². The maximum Gasteiger partial charge on any atom is 0.305 e. The van der Waals surface area contributed by atoms with Crippen LogP contribution in [0.5, 0.6) is 0 Å². The molecule has 2 amide bonds. The van der Waals surface area contributed by atoms with Gasteiger partial charge in [-0.3, -0.25) is 24.0 Å². The topological polar surface area (TPSA) is 126 Å². The number of amides is 2. The van der Waals surface area contributed by atoms with Crippen molar-refractivity contribution < 1.29 is 28.7 Å². The molecule has 0 aliphatic carbocycles. The lowest BCUT2D eigenvalue weighted by molar-refractivity contribution is -0.140. The van der Waals surface area contributed by atoms with E-state index in [1.165, 1.54) is 12.1 Å². The van der Waals surface area contributed by atoms with Gasteiger partial charge in [0, 0.05) is 19.0 Å². The van der Waals surface area contributed by atoms with Gasteiger partial charge in [0.1, 0.15) is 18.4 Å². The van der Waals surface area contributed by atoms with E-state index < -0.39 is 48.3 Å². The maximum absolute atomic E-state index is 13.3. The van der Waals surface area contributed by atoms with Gasteiger partial charge in [-0.2, -0.15) is 0 Å². The number of aliphatic carboxylic acids is 1. The number of nitrogens with zero attached hydrogens (tertiary/aromatic N) is 2. The fourth-order valence-corrected chi connectivity index (χ4v) is 3.03. The Labute approximate surface area is 183 Å². The third-order valence-electron chi connectivity index (χ3n) is 4.65. The van der Waals surface area contributed by atoms with Crippen LogP contribution in [0.1, 0.15) is 31.7 Å². The number of anilines is 1. The van der Waals surface area contributed by atoms with Crippen molar-refractivity contribution in [3.63, 3.8) is 0 Å². The summed E-state index contributed by atoms with van der Waals surface area (Å²) < 4.78 is 14.0. The van der Waals surface area contributed by atoms with Gasteiger partial charge >= 0.3 is 5.97 Å². The number of carboxylic acids is 1. The number of alkyl halides is 1. The lowest BCUT2D eigenvalue weighted by Crippen LogP contribution is -2.56. The highest BCUT2D eigenvalue weighted by Gasteiger charge is 2.34. The number of ketones is 1. The summed E-state index contributed by atoms with van der Waals surface area (Å²) in [6, 6.07) is 9.85.